The molecule has 2 saturated carbocycles. The first kappa shape index (κ1) is 16.0. The van der Waals surface area contributed by atoms with Gasteiger partial charge in [0.1, 0.15) is 5.78 Å². The normalized spacial score (nSPS) is 47.2. The fourth-order valence-electron chi connectivity index (χ4n) is 5.58. The van der Waals surface area contributed by atoms with Crippen molar-refractivity contribution in [2.45, 2.75) is 71.8 Å². The summed E-state index contributed by atoms with van der Waals surface area (Å²) in [7, 11) is 0. The van der Waals surface area contributed by atoms with Crippen LogP contribution in [0.5, 0.6) is 0 Å². The van der Waals surface area contributed by atoms with Crippen molar-refractivity contribution in [3.05, 3.63) is 24.3 Å². The Bertz CT molecular complexity index is 558. The predicted octanol–water partition coefficient (Wildman–Crippen LogP) is 4.44. The maximum absolute atomic E-state index is 12.9. The van der Waals surface area contributed by atoms with E-state index in [2.05, 4.69) is 33.4 Å². The van der Waals surface area contributed by atoms with Crippen molar-refractivity contribution < 1.29 is 9.90 Å². The molecule has 0 aromatic heterocycles. The van der Waals surface area contributed by atoms with Crippen molar-refractivity contribution in [1.82, 2.24) is 0 Å². The highest BCUT2D eigenvalue weighted by Gasteiger charge is 2.65. The van der Waals surface area contributed by atoms with E-state index in [4.69, 9.17) is 0 Å². The van der Waals surface area contributed by atoms with Crippen molar-refractivity contribution in [3.8, 4) is 0 Å². The number of carbonyl (C=O) groups excluding carboxylic acids is 1. The van der Waals surface area contributed by atoms with E-state index >= 15 is 0 Å². The molecule has 0 amide bonds. The second-order valence-electron chi connectivity index (χ2n) is 8.95. The van der Waals surface area contributed by atoms with E-state index in [1.54, 1.807) is 0 Å². The standard InChI is InChI=1S/C20H30O2/c1-6-18(4)11-12-20(22)14(13-18)7-8-15-17(2,3)10-9-16(21)19(15,20)5/h6,13,15,22H,1,7-12H2,2-5H3. The zero-order chi connectivity index (χ0) is 16.4. The van der Waals surface area contributed by atoms with Gasteiger partial charge in [0.2, 0.25) is 0 Å². The van der Waals surface area contributed by atoms with Gasteiger partial charge in [0.25, 0.3) is 0 Å². The minimum Gasteiger partial charge on any atom is -0.384 e. The number of allylic oxidation sites excluding steroid dienone is 2. The molecule has 3 aliphatic rings. The lowest BCUT2D eigenvalue weighted by Gasteiger charge is -2.62. The van der Waals surface area contributed by atoms with Crippen LogP contribution in [0, 0.1) is 22.2 Å². The van der Waals surface area contributed by atoms with E-state index in [1.807, 2.05) is 13.0 Å². The first-order chi connectivity index (χ1) is 10.1. The van der Waals surface area contributed by atoms with Crippen LogP contribution in [0.2, 0.25) is 0 Å². The average Bonchev–Trinajstić information content (AvgIpc) is 2.46. The molecule has 0 heterocycles. The Labute approximate surface area is 134 Å². The largest absolute Gasteiger partial charge is 0.384 e. The molecular weight excluding hydrogens is 272 g/mol. The Morgan fingerprint density at radius 1 is 1.18 bits per heavy atom. The highest BCUT2D eigenvalue weighted by atomic mass is 16.3. The number of fused-ring (bicyclic) bond motifs is 3. The lowest BCUT2D eigenvalue weighted by molar-refractivity contribution is -0.178. The lowest BCUT2D eigenvalue weighted by Crippen LogP contribution is -2.65. The number of ketones is 1. The molecule has 2 fully saturated rings. The zero-order valence-corrected chi connectivity index (χ0v) is 14.5. The van der Waals surface area contributed by atoms with Crippen LogP contribution in [-0.2, 0) is 4.79 Å². The highest BCUT2D eigenvalue weighted by Crippen LogP contribution is 2.64. The van der Waals surface area contributed by atoms with Gasteiger partial charge in [0.05, 0.1) is 11.0 Å². The van der Waals surface area contributed by atoms with Gasteiger partial charge < -0.3 is 5.11 Å². The molecule has 2 nitrogen and oxygen atoms in total. The third-order valence-electron chi connectivity index (χ3n) is 7.30. The van der Waals surface area contributed by atoms with Crippen LogP contribution >= 0.6 is 0 Å². The molecule has 2 heteroatoms. The highest BCUT2D eigenvalue weighted by molar-refractivity contribution is 5.88. The van der Waals surface area contributed by atoms with E-state index in [0.717, 1.165) is 31.3 Å². The Kier molecular flexibility index (Phi) is 3.32. The molecular formula is C20H30O2. The molecule has 0 spiro atoms. The summed E-state index contributed by atoms with van der Waals surface area (Å²) in [5.41, 5.74) is -0.402. The molecule has 0 aromatic rings. The van der Waals surface area contributed by atoms with Gasteiger partial charge in [0.15, 0.2) is 0 Å². The molecule has 4 unspecified atom stereocenters. The Balaban J connectivity index is 2.13. The minimum atomic E-state index is -0.951. The van der Waals surface area contributed by atoms with E-state index < -0.39 is 11.0 Å². The second kappa shape index (κ2) is 4.56. The molecule has 0 aromatic carbocycles. The van der Waals surface area contributed by atoms with Gasteiger partial charge in [-0.2, -0.15) is 0 Å². The number of rotatable bonds is 1. The van der Waals surface area contributed by atoms with E-state index in [1.165, 1.54) is 0 Å². The van der Waals surface area contributed by atoms with Gasteiger partial charge in [-0.1, -0.05) is 32.9 Å². The maximum atomic E-state index is 12.9. The third kappa shape index (κ3) is 1.86. The van der Waals surface area contributed by atoms with Crippen LogP contribution in [0.3, 0.4) is 0 Å². The molecule has 22 heavy (non-hydrogen) atoms. The van der Waals surface area contributed by atoms with Crippen molar-refractivity contribution in [3.63, 3.8) is 0 Å². The maximum Gasteiger partial charge on any atom is 0.142 e. The van der Waals surface area contributed by atoms with Crippen LogP contribution in [-0.4, -0.2) is 16.5 Å². The number of aliphatic hydroxyl groups is 1. The van der Waals surface area contributed by atoms with Crippen molar-refractivity contribution in [2.24, 2.45) is 22.2 Å². The smallest absolute Gasteiger partial charge is 0.142 e. The Morgan fingerprint density at radius 3 is 2.50 bits per heavy atom. The van der Waals surface area contributed by atoms with Crippen LogP contribution in [0.1, 0.15) is 66.2 Å². The van der Waals surface area contributed by atoms with E-state index in [-0.39, 0.29) is 22.5 Å². The third-order valence-corrected chi connectivity index (χ3v) is 7.30. The molecule has 122 valence electrons. The van der Waals surface area contributed by atoms with Gasteiger partial charge in [-0.25, -0.2) is 0 Å². The quantitative estimate of drug-likeness (QED) is 0.727. The van der Waals surface area contributed by atoms with E-state index in [9.17, 15) is 9.90 Å². The first-order valence-electron chi connectivity index (χ1n) is 8.71. The molecule has 0 aliphatic heterocycles. The Hall–Kier alpha value is -0.890. The number of hydrogen-bond donors (Lipinski definition) is 1. The van der Waals surface area contributed by atoms with Gasteiger partial charge in [-0.3, -0.25) is 4.79 Å². The first-order valence-corrected chi connectivity index (χ1v) is 8.71. The molecule has 0 saturated heterocycles. The second-order valence-corrected chi connectivity index (χ2v) is 8.95. The summed E-state index contributed by atoms with van der Waals surface area (Å²) < 4.78 is 0. The summed E-state index contributed by atoms with van der Waals surface area (Å²) in [5, 5.41) is 11.7. The summed E-state index contributed by atoms with van der Waals surface area (Å²) in [6.07, 6.45) is 9.22. The van der Waals surface area contributed by atoms with Crippen LogP contribution in [0.4, 0.5) is 0 Å². The lowest BCUT2D eigenvalue weighted by atomic mass is 9.43. The summed E-state index contributed by atoms with van der Waals surface area (Å²) in [5.74, 6) is 0.545. The van der Waals surface area contributed by atoms with Crippen molar-refractivity contribution in [1.29, 1.82) is 0 Å². The SMILES string of the molecule is C=CC1(C)C=C2CCC3C(C)(C)CCC(=O)C3(C)C2(O)CC1. The molecule has 0 radical (unpaired) electrons. The van der Waals surface area contributed by atoms with Gasteiger partial charge >= 0.3 is 0 Å². The molecule has 3 rings (SSSR count). The van der Waals surface area contributed by atoms with Crippen molar-refractivity contribution in [2.75, 3.05) is 0 Å². The average molecular weight is 302 g/mol. The number of carbonyl (C=O) groups is 1. The van der Waals surface area contributed by atoms with Gasteiger partial charge in [-0.05, 0) is 55.9 Å². The van der Waals surface area contributed by atoms with E-state index in [0.29, 0.717) is 12.8 Å². The predicted molar refractivity (Wildman–Crippen MR) is 89.4 cm³/mol. The van der Waals surface area contributed by atoms with Gasteiger partial charge in [0, 0.05) is 11.8 Å². The fourth-order valence-corrected chi connectivity index (χ4v) is 5.58. The summed E-state index contributed by atoms with van der Waals surface area (Å²) in [6.45, 7) is 12.7. The topological polar surface area (TPSA) is 37.3 Å². The molecule has 1 N–H and O–H groups in total. The minimum absolute atomic E-state index is 0.0437. The van der Waals surface area contributed by atoms with Crippen LogP contribution in [0.25, 0.3) is 0 Å². The molecule has 3 aliphatic carbocycles. The number of hydrogen-bond acceptors (Lipinski definition) is 2. The van der Waals surface area contributed by atoms with Gasteiger partial charge in [-0.15, -0.1) is 6.58 Å². The van der Waals surface area contributed by atoms with Crippen LogP contribution in [0.15, 0.2) is 24.3 Å². The summed E-state index contributed by atoms with van der Waals surface area (Å²) >= 11 is 0. The zero-order valence-electron chi connectivity index (χ0n) is 14.5. The monoisotopic (exact) mass is 302 g/mol. The number of Topliss-reactive ketones (excluding diaryl/α,β-unsaturated/α-hetero) is 1. The summed E-state index contributed by atoms with van der Waals surface area (Å²) in [6, 6.07) is 0. The Morgan fingerprint density at radius 2 is 1.86 bits per heavy atom. The van der Waals surface area contributed by atoms with Crippen LogP contribution < -0.4 is 0 Å². The molecule has 4 atom stereocenters. The van der Waals surface area contributed by atoms with Crippen molar-refractivity contribution >= 4 is 5.78 Å². The summed E-state index contributed by atoms with van der Waals surface area (Å²) in [4.78, 5) is 12.9. The molecule has 0 bridgehead atoms. The fraction of sp³-hybridized carbons (Fsp3) is 0.750.